The smallest absolute Gasteiger partial charge is 0.164 e. The van der Waals surface area contributed by atoms with Gasteiger partial charge in [0.2, 0.25) is 0 Å². The van der Waals surface area contributed by atoms with Crippen molar-refractivity contribution in [1.29, 1.82) is 0 Å². The Morgan fingerprint density at radius 1 is 1.31 bits per heavy atom. The van der Waals surface area contributed by atoms with Crippen molar-refractivity contribution in [2.75, 3.05) is 5.73 Å². The highest BCUT2D eigenvalue weighted by molar-refractivity contribution is 5.65. The molecular weight excluding hydrogens is 200 g/mol. The Labute approximate surface area is 95.1 Å². The van der Waals surface area contributed by atoms with Crippen LogP contribution in [-0.2, 0) is 0 Å². The van der Waals surface area contributed by atoms with E-state index in [2.05, 4.69) is 24.0 Å². The molecule has 1 aromatic carbocycles. The van der Waals surface area contributed by atoms with Gasteiger partial charge in [-0.3, -0.25) is 0 Å². The molecule has 16 heavy (non-hydrogen) atoms. The number of benzene rings is 1. The van der Waals surface area contributed by atoms with Crippen LogP contribution >= 0.6 is 0 Å². The molecule has 4 nitrogen and oxygen atoms in total. The number of nitrogens with two attached hydrogens (primary N) is 1. The second-order valence-electron chi connectivity index (χ2n) is 4.23. The van der Waals surface area contributed by atoms with E-state index in [1.807, 2.05) is 29.7 Å². The van der Waals surface area contributed by atoms with E-state index >= 15 is 0 Å². The summed E-state index contributed by atoms with van der Waals surface area (Å²) in [6.45, 7) is 6.26. The summed E-state index contributed by atoms with van der Waals surface area (Å²) in [4.78, 5) is 0. The lowest BCUT2D eigenvalue weighted by molar-refractivity contribution is 0.604. The highest BCUT2D eigenvalue weighted by Gasteiger charge is 2.11. The zero-order chi connectivity index (χ0) is 11.7. The molecule has 2 aromatic rings. The maximum atomic E-state index is 5.80. The molecular formula is C12H16N4. The fourth-order valence-corrected chi connectivity index (χ4v) is 1.69. The molecule has 2 rings (SSSR count). The first-order chi connectivity index (χ1) is 7.59. The molecule has 2 N–H and O–H groups in total. The number of rotatable bonds is 2. The molecule has 0 unspecified atom stereocenters. The van der Waals surface area contributed by atoms with Crippen molar-refractivity contribution in [3.05, 3.63) is 30.1 Å². The first kappa shape index (κ1) is 10.7. The van der Waals surface area contributed by atoms with Crippen LogP contribution in [-0.4, -0.2) is 14.8 Å². The highest BCUT2D eigenvalue weighted by Crippen LogP contribution is 2.25. The van der Waals surface area contributed by atoms with E-state index in [-0.39, 0.29) is 0 Å². The fraction of sp³-hybridized carbons (Fsp3) is 0.333. The van der Waals surface area contributed by atoms with E-state index in [0.717, 1.165) is 22.6 Å². The van der Waals surface area contributed by atoms with Gasteiger partial charge in [-0.25, -0.2) is 0 Å². The topological polar surface area (TPSA) is 56.7 Å². The van der Waals surface area contributed by atoms with Gasteiger partial charge < -0.3 is 10.3 Å². The van der Waals surface area contributed by atoms with Crippen molar-refractivity contribution < 1.29 is 0 Å². The molecule has 0 radical (unpaired) electrons. The number of aromatic nitrogens is 3. The van der Waals surface area contributed by atoms with Gasteiger partial charge in [-0.1, -0.05) is 6.07 Å². The third kappa shape index (κ3) is 1.78. The lowest BCUT2D eigenvalue weighted by Gasteiger charge is -2.12. The van der Waals surface area contributed by atoms with E-state index in [9.17, 15) is 0 Å². The van der Waals surface area contributed by atoms with E-state index in [0.29, 0.717) is 6.04 Å². The molecule has 1 heterocycles. The van der Waals surface area contributed by atoms with Crippen LogP contribution in [0.3, 0.4) is 0 Å². The Morgan fingerprint density at radius 3 is 2.75 bits per heavy atom. The van der Waals surface area contributed by atoms with Crippen LogP contribution in [0.15, 0.2) is 24.5 Å². The lowest BCUT2D eigenvalue weighted by atomic mass is 10.1. The molecule has 0 aliphatic heterocycles. The molecule has 84 valence electrons. The minimum absolute atomic E-state index is 0.339. The summed E-state index contributed by atoms with van der Waals surface area (Å²) < 4.78 is 2.04. The molecule has 0 fully saturated rings. The van der Waals surface area contributed by atoms with E-state index in [1.165, 1.54) is 0 Å². The van der Waals surface area contributed by atoms with Crippen molar-refractivity contribution in [2.45, 2.75) is 26.8 Å². The van der Waals surface area contributed by atoms with Gasteiger partial charge in [0.15, 0.2) is 5.82 Å². The third-order valence-electron chi connectivity index (χ3n) is 2.63. The quantitative estimate of drug-likeness (QED) is 0.784. The van der Waals surface area contributed by atoms with Crippen molar-refractivity contribution in [3.8, 4) is 11.4 Å². The van der Waals surface area contributed by atoms with Gasteiger partial charge in [0.05, 0.1) is 0 Å². The van der Waals surface area contributed by atoms with E-state index in [1.54, 1.807) is 6.33 Å². The number of nitrogen functional groups attached to an aromatic ring is 1. The second kappa shape index (κ2) is 3.96. The number of anilines is 1. The van der Waals surface area contributed by atoms with Crippen LogP contribution in [0.5, 0.6) is 0 Å². The van der Waals surface area contributed by atoms with Crippen LogP contribution in [0.1, 0.15) is 25.5 Å². The first-order valence-corrected chi connectivity index (χ1v) is 5.35. The Kier molecular flexibility index (Phi) is 2.64. The Balaban J connectivity index is 2.58. The van der Waals surface area contributed by atoms with E-state index in [4.69, 9.17) is 5.73 Å². The molecule has 0 aliphatic carbocycles. The molecule has 1 aromatic heterocycles. The van der Waals surface area contributed by atoms with Crippen molar-refractivity contribution in [1.82, 2.24) is 14.8 Å². The Morgan fingerprint density at radius 2 is 2.06 bits per heavy atom. The molecule has 0 saturated carbocycles. The minimum Gasteiger partial charge on any atom is -0.399 e. The van der Waals surface area contributed by atoms with E-state index < -0.39 is 0 Å². The molecule has 0 spiro atoms. The van der Waals surface area contributed by atoms with Gasteiger partial charge in [0.25, 0.3) is 0 Å². The average molecular weight is 216 g/mol. The predicted molar refractivity (Wildman–Crippen MR) is 65.0 cm³/mol. The van der Waals surface area contributed by atoms with Gasteiger partial charge in [-0.2, -0.15) is 0 Å². The molecule has 0 amide bonds. The maximum Gasteiger partial charge on any atom is 0.164 e. The zero-order valence-electron chi connectivity index (χ0n) is 9.81. The van der Waals surface area contributed by atoms with Gasteiger partial charge in [-0.15, -0.1) is 10.2 Å². The van der Waals surface area contributed by atoms with Crippen LogP contribution < -0.4 is 5.73 Å². The van der Waals surface area contributed by atoms with Crippen LogP contribution in [0.2, 0.25) is 0 Å². The molecule has 0 aliphatic rings. The summed E-state index contributed by atoms with van der Waals surface area (Å²) >= 11 is 0. The maximum absolute atomic E-state index is 5.80. The van der Waals surface area contributed by atoms with Crippen LogP contribution in [0, 0.1) is 6.92 Å². The summed E-state index contributed by atoms with van der Waals surface area (Å²) in [5.41, 5.74) is 8.76. The number of hydrogen-bond acceptors (Lipinski definition) is 3. The molecule has 0 bridgehead atoms. The van der Waals surface area contributed by atoms with Gasteiger partial charge in [-0.05, 0) is 38.5 Å². The van der Waals surface area contributed by atoms with Crippen molar-refractivity contribution in [3.63, 3.8) is 0 Å². The lowest BCUT2D eigenvalue weighted by Crippen LogP contribution is -2.03. The summed E-state index contributed by atoms with van der Waals surface area (Å²) in [6.07, 6.45) is 1.75. The fourth-order valence-electron chi connectivity index (χ4n) is 1.69. The number of aryl methyl sites for hydroxylation is 1. The van der Waals surface area contributed by atoms with Crippen LogP contribution in [0.25, 0.3) is 11.4 Å². The highest BCUT2D eigenvalue weighted by atomic mass is 15.3. The van der Waals surface area contributed by atoms with Crippen molar-refractivity contribution >= 4 is 5.69 Å². The van der Waals surface area contributed by atoms with Gasteiger partial charge >= 0.3 is 0 Å². The standard InChI is InChI=1S/C12H16N4/c1-8(2)16-7-14-15-12(16)11-6-10(13)5-4-9(11)3/h4-8H,13H2,1-3H3. The number of hydrogen-bond donors (Lipinski definition) is 1. The summed E-state index contributed by atoms with van der Waals surface area (Å²) in [5.74, 6) is 0.875. The molecule has 0 atom stereocenters. The monoisotopic (exact) mass is 216 g/mol. The Bertz CT molecular complexity index is 499. The predicted octanol–water partition coefficient (Wildman–Crippen LogP) is 2.42. The zero-order valence-corrected chi connectivity index (χ0v) is 9.81. The summed E-state index contributed by atoms with van der Waals surface area (Å²) in [7, 11) is 0. The first-order valence-electron chi connectivity index (χ1n) is 5.35. The SMILES string of the molecule is Cc1ccc(N)cc1-c1nncn1C(C)C. The molecule has 4 heteroatoms. The average Bonchev–Trinajstić information content (AvgIpc) is 2.70. The Hall–Kier alpha value is -1.84. The largest absolute Gasteiger partial charge is 0.399 e. The van der Waals surface area contributed by atoms with Crippen molar-refractivity contribution in [2.24, 2.45) is 0 Å². The summed E-state index contributed by atoms with van der Waals surface area (Å²) in [6, 6.07) is 6.18. The van der Waals surface area contributed by atoms with Gasteiger partial charge in [0.1, 0.15) is 6.33 Å². The summed E-state index contributed by atoms with van der Waals surface area (Å²) in [5, 5.41) is 8.13. The third-order valence-corrected chi connectivity index (χ3v) is 2.63. The number of nitrogens with zero attached hydrogens (tertiary/aromatic N) is 3. The normalized spacial score (nSPS) is 11.0. The van der Waals surface area contributed by atoms with Crippen LogP contribution in [0.4, 0.5) is 5.69 Å². The second-order valence-corrected chi connectivity index (χ2v) is 4.23. The minimum atomic E-state index is 0.339. The molecule has 0 saturated heterocycles. The van der Waals surface area contributed by atoms with Gasteiger partial charge in [0, 0.05) is 17.3 Å².